The van der Waals surface area contributed by atoms with E-state index in [0.29, 0.717) is 22.1 Å². The number of rotatable bonds is 5. The Morgan fingerprint density at radius 1 is 0.625 bits per heavy atom. The molecule has 3 aromatic carbocycles. The molecule has 0 atom stereocenters. The van der Waals surface area contributed by atoms with E-state index in [0.717, 1.165) is 5.30 Å². The zero-order valence-electron chi connectivity index (χ0n) is 13.7. The molecule has 3 rings (SSSR count). The van der Waals surface area contributed by atoms with Gasteiger partial charge in [-0.05, 0) is 24.3 Å². The van der Waals surface area contributed by atoms with Crippen molar-refractivity contribution in [1.82, 2.24) is 0 Å². The van der Waals surface area contributed by atoms with Crippen LogP contribution in [0.4, 0.5) is 0 Å². The molecule has 6 heteroatoms. The van der Waals surface area contributed by atoms with Gasteiger partial charge in [-0.1, -0.05) is 54.6 Å². The third-order valence-electron chi connectivity index (χ3n) is 3.97. The molecule has 0 saturated heterocycles. The van der Waals surface area contributed by atoms with Crippen molar-refractivity contribution in [3.8, 4) is 11.5 Å². The highest BCUT2D eigenvalue weighted by Crippen LogP contribution is 2.47. The van der Waals surface area contributed by atoms with Crippen molar-refractivity contribution in [2.75, 3.05) is 0 Å². The average molecular weight is 334 g/mol. The summed E-state index contributed by atoms with van der Waals surface area (Å²) in [5.41, 5.74) is 0. The van der Waals surface area contributed by atoms with Crippen molar-refractivity contribution < 1.29 is 13.9 Å². The van der Waals surface area contributed by atoms with Gasteiger partial charge in [0, 0.05) is 5.30 Å². The van der Waals surface area contributed by atoms with Crippen LogP contribution in [0.1, 0.15) is 0 Å². The molecule has 0 heterocycles. The largest absolute Gasteiger partial charge is 0.567 e. The van der Waals surface area contributed by atoms with Gasteiger partial charge in [-0.3, -0.25) is 0 Å². The smallest absolute Gasteiger partial charge is 0.322 e. The van der Waals surface area contributed by atoms with Gasteiger partial charge in [0.05, 0.1) is 10.6 Å². The summed E-state index contributed by atoms with van der Waals surface area (Å²) in [6.45, 7) is 0. The summed E-state index contributed by atoms with van der Waals surface area (Å²) in [5, 5.41) is 2.09. The lowest BCUT2D eigenvalue weighted by Crippen LogP contribution is -2.27. The molecule has 118 valence electrons. The van der Waals surface area contributed by atoms with Crippen molar-refractivity contribution in [1.29, 1.82) is 0 Å². The van der Waals surface area contributed by atoms with E-state index in [4.69, 9.17) is 9.31 Å². The molecule has 0 saturated carbocycles. The van der Waals surface area contributed by atoms with Crippen LogP contribution in [0.25, 0.3) is 0 Å². The van der Waals surface area contributed by atoms with Crippen LogP contribution in [0, 0.1) is 0 Å². The lowest BCUT2D eigenvalue weighted by Gasteiger charge is -2.24. The van der Waals surface area contributed by atoms with E-state index >= 15 is 0 Å². The minimum Gasteiger partial charge on any atom is -0.567 e. The first-order valence-electron chi connectivity index (χ1n) is 7.64. The van der Waals surface area contributed by atoms with Gasteiger partial charge in [-0.25, -0.2) is 0 Å². The molecular weight excluding hydrogens is 317 g/mol. The molecule has 0 N–H and O–H groups in total. The second-order valence-electron chi connectivity index (χ2n) is 5.29. The van der Waals surface area contributed by atoms with E-state index < -0.39 is 7.14 Å². The summed E-state index contributed by atoms with van der Waals surface area (Å²) in [5.74, 6) is 1.21. The topological polar surface area (TPSA) is 35.5 Å². The maximum absolute atomic E-state index is 14.4. The number of benzene rings is 3. The first-order chi connectivity index (χ1) is 11.7. The van der Waals surface area contributed by atoms with E-state index in [1.54, 1.807) is 16.1 Å². The van der Waals surface area contributed by atoms with Gasteiger partial charge in [-0.2, -0.15) is 0 Å². The molecule has 3 aromatic rings. The van der Waals surface area contributed by atoms with Crippen LogP contribution < -0.4 is 25.2 Å². The summed E-state index contributed by atoms with van der Waals surface area (Å²) in [6.07, 6.45) is 0. The zero-order chi connectivity index (χ0) is 17.0. The molecule has 24 heavy (non-hydrogen) atoms. The van der Waals surface area contributed by atoms with E-state index in [1.165, 1.54) is 0 Å². The van der Waals surface area contributed by atoms with Gasteiger partial charge in [0.1, 0.15) is 11.5 Å². The van der Waals surface area contributed by atoms with Gasteiger partial charge in [-0.15, -0.1) is 0 Å². The molecule has 0 bridgehead atoms. The molecule has 0 fully saturated rings. The molecule has 0 amide bonds. The molecule has 0 spiro atoms. The minimum atomic E-state index is -3.13. The molecule has 0 aliphatic heterocycles. The van der Waals surface area contributed by atoms with E-state index in [1.807, 2.05) is 78.9 Å². The predicted octanol–water partition coefficient (Wildman–Crippen LogP) is 1.18. The minimum absolute atomic E-state index is 0.607. The van der Waals surface area contributed by atoms with E-state index in [2.05, 4.69) is 0 Å². The summed E-state index contributed by atoms with van der Waals surface area (Å²) in [4.78, 5) is 0. The summed E-state index contributed by atoms with van der Waals surface area (Å²) in [7, 11) is 0.0526. The first kappa shape index (κ1) is 16.5. The zero-order valence-corrected chi connectivity index (χ0v) is 14.6. The maximum Gasteiger partial charge on any atom is 0.322 e. The maximum atomic E-state index is 14.4. The van der Waals surface area contributed by atoms with Crippen LogP contribution in [0.2, 0.25) is 0 Å². The third kappa shape index (κ3) is 2.76. The molecule has 0 aromatic heterocycles. The van der Waals surface area contributed by atoms with Gasteiger partial charge in [0.15, 0.2) is 7.14 Å². The Hall–Kier alpha value is -2.38. The van der Waals surface area contributed by atoms with Gasteiger partial charge in [0.25, 0.3) is 0 Å². The molecule has 3 nitrogen and oxygen atoms in total. The summed E-state index contributed by atoms with van der Waals surface area (Å²) < 4.78 is 25.4. The Kier molecular flexibility index (Phi) is 4.82. The molecule has 0 aliphatic carbocycles. The first-order valence-corrected chi connectivity index (χ1v) is 9.35. The number of para-hydroxylation sites is 2. The average Bonchev–Trinajstić information content (AvgIpc) is 2.68. The SMILES string of the molecule is BOc1ccccc1P(=O)(c1ccccc1)c1ccccc1OB. The Morgan fingerprint density at radius 2 is 1.04 bits per heavy atom. The van der Waals surface area contributed by atoms with Crippen molar-refractivity contribution in [2.45, 2.75) is 0 Å². The highest BCUT2D eigenvalue weighted by atomic mass is 31.2. The molecule has 0 aliphatic rings. The lowest BCUT2D eigenvalue weighted by molar-refractivity contribution is 0.586. The second kappa shape index (κ2) is 7.02. The van der Waals surface area contributed by atoms with Crippen molar-refractivity contribution in [3.05, 3.63) is 78.9 Å². The summed E-state index contributed by atoms with van der Waals surface area (Å²) >= 11 is 0. The van der Waals surface area contributed by atoms with Crippen molar-refractivity contribution in [2.24, 2.45) is 0 Å². The quantitative estimate of drug-likeness (QED) is 0.519. The van der Waals surface area contributed by atoms with Crippen LogP contribution in [0.15, 0.2) is 78.9 Å². The van der Waals surface area contributed by atoms with Gasteiger partial charge in [0.2, 0.25) is 0 Å². The number of hydrogen-bond donors (Lipinski definition) is 0. The fraction of sp³-hybridized carbons (Fsp3) is 0. The molecule has 0 unspecified atom stereocenters. The van der Waals surface area contributed by atoms with Crippen LogP contribution in [-0.2, 0) is 4.57 Å². The highest BCUT2D eigenvalue weighted by Gasteiger charge is 2.34. The Balaban J connectivity index is 2.37. The lowest BCUT2D eigenvalue weighted by atomic mass is 10.3. The van der Waals surface area contributed by atoms with E-state index in [9.17, 15) is 4.57 Å². The van der Waals surface area contributed by atoms with Crippen LogP contribution in [0.3, 0.4) is 0 Å². The van der Waals surface area contributed by atoms with Crippen LogP contribution >= 0.6 is 7.14 Å². The van der Waals surface area contributed by atoms with Crippen molar-refractivity contribution >= 4 is 39.2 Å². The normalized spacial score (nSPS) is 11.0. The van der Waals surface area contributed by atoms with E-state index in [-0.39, 0.29) is 0 Å². The fourth-order valence-corrected chi connectivity index (χ4v) is 5.78. The second-order valence-corrected chi connectivity index (χ2v) is 7.99. The Labute approximate surface area is 143 Å². The van der Waals surface area contributed by atoms with Gasteiger partial charge >= 0.3 is 16.1 Å². The molecule has 0 radical (unpaired) electrons. The third-order valence-corrected chi connectivity index (χ3v) is 7.09. The van der Waals surface area contributed by atoms with Gasteiger partial charge < -0.3 is 13.9 Å². The Morgan fingerprint density at radius 3 is 1.50 bits per heavy atom. The fourth-order valence-electron chi connectivity index (χ4n) is 2.83. The highest BCUT2D eigenvalue weighted by molar-refractivity contribution is 7.85. The van der Waals surface area contributed by atoms with Crippen LogP contribution in [-0.4, -0.2) is 16.1 Å². The predicted molar refractivity (Wildman–Crippen MR) is 104 cm³/mol. The number of hydrogen-bond acceptors (Lipinski definition) is 3. The molecular formula is C18H17B2O3P. The van der Waals surface area contributed by atoms with Crippen LogP contribution in [0.5, 0.6) is 11.5 Å². The standard InChI is InChI=1S/C18H17B2O3P/c19-22-15-10-4-6-12-17(15)24(21,14-8-2-1-3-9-14)18-13-7-5-11-16(18)23-20/h1-13H,19-20H2. The Bertz CT molecular complexity index is 833. The monoisotopic (exact) mass is 334 g/mol. The van der Waals surface area contributed by atoms with Crippen molar-refractivity contribution in [3.63, 3.8) is 0 Å². The summed E-state index contributed by atoms with van der Waals surface area (Å²) in [6, 6.07) is 24.4.